The number of rotatable bonds is 7. The fourth-order valence-electron chi connectivity index (χ4n) is 1.57. The van der Waals surface area contributed by atoms with Crippen LogP contribution in [0.2, 0.25) is 5.15 Å². The zero-order valence-electron chi connectivity index (χ0n) is 11.4. The van der Waals surface area contributed by atoms with Crippen molar-refractivity contribution < 1.29 is 0 Å². The maximum atomic E-state index is 5.83. The van der Waals surface area contributed by atoms with Gasteiger partial charge in [0.1, 0.15) is 11.0 Å². The molecule has 0 radical (unpaired) electrons. The van der Waals surface area contributed by atoms with E-state index in [1.165, 1.54) is 0 Å². The van der Waals surface area contributed by atoms with E-state index in [4.69, 9.17) is 17.3 Å². The average molecular weight is 271 g/mol. The summed E-state index contributed by atoms with van der Waals surface area (Å²) >= 11 is 5.83. The predicted octanol–water partition coefficient (Wildman–Crippen LogP) is 2.85. The van der Waals surface area contributed by atoms with Crippen LogP contribution < -0.4 is 11.1 Å². The Morgan fingerprint density at radius 3 is 2.72 bits per heavy atom. The molecular formula is C13H23ClN4. The van der Waals surface area contributed by atoms with Gasteiger partial charge < -0.3 is 16.0 Å². The van der Waals surface area contributed by atoms with Gasteiger partial charge in [0.2, 0.25) is 0 Å². The number of nitrogens with two attached hydrogens (primary N) is 1. The summed E-state index contributed by atoms with van der Waals surface area (Å²) in [6.45, 7) is 6.41. The Balaban J connectivity index is 2.22. The predicted molar refractivity (Wildman–Crippen MR) is 79.1 cm³/mol. The zero-order valence-corrected chi connectivity index (χ0v) is 12.2. The van der Waals surface area contributed by atoms with E-state index in [-0.39, 0.29) is 0 Å². The molecule has 18 heavy (non-hydrogen) atoms. The van der Waals surface area contributed by atoms with E-state index in [9.17, 15) is 0 Å². The van der Waals surface area contributed by atoms with Crippen molar-refractivity contribution in [1.82, 2.24) is 9.88 Å². The standard InChI is InChI=1S/C13H23ClN4/c1-10(2)18(3)7-5-4-6-16-13-9-11(15)8-12(14)17-13/h8-10H,4-7H2,1-3H3,(H3,15,16,17). The molecule has 5 heteroatoms. The fourth-order valence-corrected chi connectivity index (χ4v) is 1.79. The Kier molecular flexibility index (Phi) is 6.22. The van der Waals surface area contributed by atoms with E-state index < -0.39 is 0 Å². The van der Waals surface area contributed by atoms with Gasteiger partial charge >= 0.3 is 0 Å². The molecule has 0 aliphatic carbocycles. The van der Waals surface area contributed by atoms with Crippen LogP contribution in [0.1, 0.15) is 26.7 Å². The van der Waals surface area contributed by atoms with E-state index in [2.05, 4.69) is 36.1 Å². The Labute approximate surface area is 115 Å². The van der Waals surface area contributed by atoms with Gasteiger partial charge in [-0.25, -0.2) is 4.98 Å². The molecular weight excluding hydrogens is 248 g/mol. The van der Waals surface area contributed by atoms with Gasteiger partial charge in [-0.05, 0) is 46.3 Å². The molecule has 0 saturated heterocycles. The molecule has 1 aromatic rings. The highest BCUT2D eigenvalue weighted by Gasteiger charge is 2.02. The van der Waals surface area contributed by atoms with Crippen LogP contribution in [0.25, 0.3) is 0 Å². The second-order valence-corrected chi connectivity index (χ2v) is 5.20. The lowest BCUT2D eigenvalue weighted by atomic mass is 10.2. The molecule has 0 bridgehead atoms. The first-order chi connectivity index (χ1) is 8.49. The number of halogens is 1. The van der Waals surface area contributed by atoms with Crippen LogP contribution in [0.3, 0.4) is 0 Å². The minimum Gasteiger partial charge on any atom is -0.399 e. The smallest absolute Gasteiger partial charge is 0.133 e. The number of nitrogens with one attached hydrogen (secondary N) is 1. The molecule has 102 valence electrons. The summed E-state index contributed by atoms with van der Waals surface area (Å²) < 4.78 is 0. The maximum absolute atomic E-state index is 5.83. The van der Waals surface area contributed by atoms with Crippen molar-refractivity contribution in [1.29, 1.82) is 0 Å². The molecule has 0 aliphatic rings. The third-order valence-electron chi connectivity index (χ3n) is 2.94. The minimum absolute atomic E-state index is 0.428. The highest BCUT2D eigenvalue weighted by Crippen LogP contribution is 2.15. The molecule has 1 aromatic heterocycles. The molecule has 1 heterocycles. The van der Waals surface area contributed by atoms with E-state index in [0.29, 0.717) is 16.9 Å². The summed E-state index contributed by atoms with van der Waals surface area (Å²) in [6, 6.07) is 4.04. The van der Waals surface area contributed by atoms with Crippen molar-refractivity contribution in [3.05, 3.63) is 17.3 Å². The van der Waals surface area contributed by atoms with Crippen LogP contribution in [0.15, 0.2) is 12.1 Å². The zero-order chi connectivity index (χ0) is 13.5. The Bertz CT molecular complexity index is 348. The van der Waals surface area contributed by atoms with Crippen molar-refractivity contribution >= 4 is 23.1 Å². The topological polar surface area (TPSA) is 54.2 Å². The fraction of sp³-hybridized carbons (Fsp3) is 0.615. The Morgan fingerprint density at radius 2 is 2.11 bits per heavy atom. The highest BCUT2D eigenvalue weighted by atomic mass is 35.5. The van der Waals surface area contributed by atoms with E-state index in [0.717, 1.165) is 31.7 Å². The number of pyridine rings is 1. The van der Waals surface area contributed by atoms with Gasteiger partial charge in [-0.1, -0.05) is 11.6 Å². The van der Waals surface area contributed by atoms with Gasteiger partial charge in [0, 0.05) is 24.3 Å². The monoisotopic (exact) mass is 270 g/mol. The molecule has 0 amide bonds. The lowest BCUT2D eigenvalue weighted by molar-refractivity contribution is 0.269. The molecule has 0 atom stereocenters. The SMILES string of the molecule is CC(C)N(C)CCCCNc1cc(N)cc(Cl)n1. The largest absolute Gasteiger partial charge is 0.399 e. The number of hydrogen-bond acceptors (Lipinski definition) is 4. The summed E-state index contributed by atoms with van der Waals surface area (Å²) in [6.07, 6.45) is 2.27. The molecule has 4 nitrogen and oxygen atoms in total. The van der Waals surface area contributed by atoms with Gasteiger partial charge in [0.25, 0.3) is 0 Å². The van der Waals surface area contributed by atoms with Crippen molar-refractivity contribution in [3.8, 4) is 0 Å². The molecule has 0 saturated carbocycles. The van der Waals surface area contributed by atoms with Crippen LogP contribution in [0.5, 0.6) is 0 Å². The summed E-state index contributed by atoms with van der Waals surface area (Å²) in [4.78, 5) is 6.50. The van der Waals surface area contributed by atoms with Crippen LogP contribution in [0, 0.1) is 0 Å². The molecule has 0 spiro atoms. The molecule has 1 rings (SSSR count). The first kappa shape index (κ1) is 15.1. The third kappa shape index (κ3) is 5.56. The maximum Gasteiger partial charge on any atom is 0.133 e. The van der Waals surface area contributed by atoms with Crippen LogP contribution in [0.4, 0.5) is 11.5 Å². The Morgan fingerprint density at radius 1 is 1.39 bits per heavy atom. The summed E-state index contributed by atoms with van der Waals surface area (Å²) in [5, 5.41) is 3.66. The number of nitrogens with zero attached hydrogens (tertiary/aromatic N) is 2. The van der Waals surface area contributed by atoms with Crippen molar-refractivity contribution in [2.24, 2.45) is 0 Å². The minimum atomic E-state index is 0.428. The second kappa shape index (κ2) is 7.44. The number of nitrogen functional groups attached to an aromatic ring is 1. The van der Waals surface area contributed by atoms with E-state index in [1.54, 1.807) is 12.1 Å². The van der Waals surface area contributed by atoms with Crippen LogP contribution in [-0.2, 0) is 0 Å². The van der Waals surface area contributed by atoms with Crippen LogP contribution in [-0.4, -0.2) is 36.1 Å². The lowest BCUT2D eigenvalue weighted by Crippen LogP contribution is -2.27. The van der Waals surface area contributed by atoms with Gasteiger partial charge in [-0.15, -0.1) is 0 Å². The molecule has 0 aliphatic heterocycles. The third-order valence-corrected chi connectivity index (χ3v) is 3.14. The van der Waals surface area contributed by atoms with Crippen molar-refractivity contribution in [3.63, 3.8) is 0 Å². The summed E-state index contributed by atoms with van der Waals surface area (Å²) in [7, 11) is 2.15. The highest BCUT2D eigenvalue weighted by molar-refractivity contribution is 6.29. The summed E-state index contributed by atoms with van der Waals surface area (Å²) in [5.41, 5.74) is 6.33. The van der Waals surface area contributed by atoms with Crippen molar-refractivity contribution in [2.75, 3.05) is 31.2 Å². The molecule has 3 N–H and O–H groups in total. The number of aromatic nitrogens is 1. The number of anilines is 2. The first-order valence-corrected chi connectivity index (χ1v) is 6.74. The molecule has 0 unspecified atom stereocenters. The van der Waals surface area contributed by atoms with Gasteiger partial charge in [-0.2, -0.15) is 0 Å². The lowest BCUT2D eigenvalue weighted by Gasteiger charge is -2.20. The van der Waals surface area contributed by atoms with Gasteiger partial charge in [0.15, 0.2) is 0 Å². The molecule has 0 fully saturated rings. The van der Waals surface area contributed by atoms with Crippen LogP contribution >= 0.6 is 11.6 Å². The average Bonchev–Trinajstić information content (AvgIpc) is 2.26. The number of hydrogen-bond donors (Lipinski definition) is 2. The first-order valence-electron chi connectivity index (χ1n) is 6.36. The second-order valence-electron chi connectivity index (χ2n) is 4.82. The van der Waals surface area contributed by atoms with Gasteiger partial charge in [-0.3, -0.25) is 0 Å². The van der Waals surface area contributed by atoms with E-state index >= 15 is 0 Å². The number of unbranched alkanes of at least 4 members (excludes halogenated alkanes) is 1. The Hall–Kier alpha value is -1.00. The van der Waals surface area contributed by atoms with Gasteiger partial charge in [0.05, 0.1) is 0 Å². The quantitative estimate of drug-likeness (QED) is 0.591. The van der Waals surface area contributed by atoms with Crippen molar-refractivity contribution in [2.45, 2.75) is 32.7 Å². The summed E-state index contributed by atoms with van der Waals surface area (Å²) in [5.74, 6) is 0.747. The molecule has 0 aromatic carbocycles. The van der Waals surface area contributed by atoms with E-state index in [1.807, 2.05) is 0 Å². The normalized spacial score (nSPS) is 11.2.